The van der Waals surface area contributed by atoms with Crippen molar-refractivity contribution in [1.82, 2.24) is 14.8 Å². The second-order valence-electron chi connectivity index (χ2n) is 5.26. The van der Waals surface area contributed by atoms with Crippen molar-refractivity contribution in [1.29, 1.82) is 0 Å². The second-order valence-corrected chi connectivity index (χ2v) is 7.15. The summed E-state index contributed by atoms with van der Waals surface area (Å²) in [6.07, 6.45) is 0. The summed E-state index contributed by atoms with van der Waals surface area (Å²) in [6, 6.07) is 6.99. The smallest absolute Gasteiger partial charge is 0.254 e. The zero-order valence-electron chi connectivity index (χ0n) is 13.9. The monoisotopic (exact) mass is 366 g/mol. The number of rotatable bonds is 6. The number of nitrogens with zero attached hydrogens (tertiary/aromatic N) is 2. The molecule has 10 heteroatoms. The summed E-state index contributed by atoms with van der Waals surface area (Å²) < 4.78 is 30.4. The van der Waals surface area contributed by atoms with Gasteiger partial charge in [-0.25, -0.2) is 13.1 Å². The van der Waals surface area contributed by atoms with Gasteiger partial charge in [0.2, 0.25) is 15.9 Å². The Bertz CT molecular complexity index is 874. The van der Waals surface area contributed by atoms with E-state index in [0.717, 1.165) is 0 Å². The summed E-state index contributed by atoms with van der Waals surface area (Å²) in [5, 5.41) is 6.14. The Morgan fingerprint density at radius 3 is 2.40 bits per heavy atom. The number of sulfonamides is 1. The molecule has 0 atom stereocenters. The van der Waals surface area contributed by atoms with Gasteiger partial charge in [0.1, 0.15) is 5.76 Å². The van der Waals surface area contributed by atoms with Gasteiger partial charge in [-0.05, 0) is 38.2 Å². The summed E-state index contributed by atoms with van der Waals surface area (Å²) in [7, 11) is -0.798. The molecular formula is C15H18N4O5S. The maximum Gasteiger partial charge on any atom is 0.254 e. The number of hydrogen-bond donors (Lipinski definition) is 2. The number of amides is 2. The zero-order chi connectivity index (χ0) is 18.6. The predicted molar refractivity (Wildman–Crippen MR) is 89.5 cm³/mol. The summed E-state index contributed by atoms with van der Waals surface area (Å²) in [4.78, 5) is 25.5. The number of benzene rings is 1. The van der Waals surface area contributed by atoms with E-state index in [1.807, 2.05) is 0 Å². The van der Waals surface area contributed by atoms with E-state index in [1.165, 1.54) is 43.3 Å². The quantitative estimate of drug-likeness (QED) is 0.772. The molecule has 1 aromatic carbocycles. The van der Waals surface area contributed by atoms with Gasteiger partial charge in [-0.1, -0.05) is 5.16 Å². The van der Waals surface area contributed by atoms with Crippen LogP contribution in [0.15, 0.2) is 39.8 Å². The van der Waals surface area contributed by atoms with Crippen LogP contribution in [0.1, 0.15) is 16.1 Å². The zero-order valence-corrected chi connectivity index (χ0v) is 14.8. The molecule has 0 saturated heterocycles. The first-order chi connectivity index (χ1) is 11.7. The molecule has 0 saturated carbocycles. The average molecular weight is 366 g/mol. The van der Waals surface area contributed by atoms with Crippen LogP contribution in [0.3, 0.4) is 0 Å². The molecule has 0 spiro atoms. The Balaban J connectivity index is 2.00. The fraction of sp³-hybridized carbons (Fsp3) is 0.267. The second kappa shape index (κ2) is 7.45. The fourth-order valence-corrected chi connectivity index (χ4v) is 2.74. The van der Waals surface area contributed by atoms with E-state index in [2.05, 4.69) is 15.2 Å². The van der Waals surface area contributed by atoms with E-state index < -0.39 is 21.8 Å². The Morgan fingerprint density at radius 2 is 1.88 bits per heavy atom. The van der Waals surface area contributed by atoms with E-state index in [9.17, 15) is 18.0 Å². The molecule has 2 rings (SSSR count). The summed E-state index contributed by atoms with van der Waals surface area (Å²) in [6.45, 7) is 1.50. The third-order valence-electron chi connectivity index (χ3n) is 3.30. The third-order valence-corrected chi connectivity index (χ3v) is 4.73. The SMILES string of the molecule is CNS(=O)(=O)c1ccc(C(=O)N(C)CC(=O)Nc2cc(C)on2)cc1. The van der Waals surface area contributed by atoms with Gasteiger partial charge in [-0.2, -0.15) is 0 Å². The molecule has 9 nitrogen and oxygen atoms in total. The van der Waals surface area contributed by atoms with Crippen molar-refractivity contribution in [2.75, 3.05) is 26.0 Å². The standard InChI is InChI=1S/C15H18N4O5S/c1-10-8-13(18-24-10)17-14(20)9-19(3)15(21)11-4-6-12(7-5-11)25(22,23)16-2/h4-8,16H,9H2,1-3H3,(H,17,18,20). The molecule has 2 aromatic rings. The average Bonchev–Trinajstić information content (AvgIpc) is 2.98. The third kappa shape index (κ3) is 4.64. The van der Waals surface area contributed by atoms with Gasteiger partial charge in [0.05, 0.1) is 11.4 Å². The fourth-order valence-electron chi connectivity index (χ4n) is 2.01. The molecule has 2 amide bonds. The Labute approximate surface area is 145 Å². The Hall–Kier alpha value is -2.72. The lowest BCUT2D eigenvalue weighted by Crippen LogP contribution is -2.35. The lowest BCUT2D eigenvalue weighted by molar-refractivity contribution is -0.116. The van der Waals surface area contributed by atoms with Crippen molar-refractivity contribution in [3.63, 3.8) is 0 Å². The molecule has 1 aromatic heterocycles. The number of nitrogens with one attached hydrogen (secondary N) is 2. The first-order valence-electron chi connectivity index (χ1n) is 7.25. The largest absolute Gasteiger partial charge is 0.360 e. The van der Waals surface area contributed by atoms with Gasteiger partial charge >= 0.3 is 0 Å². The lowest BCUT2D eigenvalue weighted by atomic mass is 10.2. The highest BCUT2D eigenvalue weighted by Crippen LogP contribution is 2.12. The maximum absolute atomic E-state index is 12.3. The first kappa shape index (κ1) is 18.6. The molecule has 0 aliphatic rings. The predicted octanol–water partition coefficient (Wildman–Crippen LogP) is 0.602. The van der Waals surface area contributed by atoms with Crippen LogP contribution in [0.2, 0.25) is 0 Å². The maximum atomic E-state index is 12.3. The van der Waals surface area contributed by atoms with Gasteiger partial charge in [0.25, 0.3) is 5.91 Å². The topological polar surface area (TPSA) is 122 Å². The van der Waals surface area contributed by atoms with Crippen molar-refractivity contribution in [3.05, 3.63) is 41.7 Å². The number of likely N-dealkylation sites (N-methyl/N-ethyl adjacent to an activating group) is 1. The number of hydrogen-bond acceptors (Lipinski definition) is 6. The molecule has 0 unspecified atom stereocenters. The van der Waals surface area contributed by atoms with Crippen molar-refractivity contribution in [2.45, 2.75) is 11.8 Å². The van der Waals surface area contributed by atoms with Crippen LogP contribution in [-0.4, -0.2) is 50.9 Å². The molecule has 0 bridgehead atoms. The molecule has 0 aliphatic carbocycles. The van der Waals surface area contributed by atoms with Gasteiger partial charge < -0.3 is 14.7 Å². The Kier molecular flexibility index (Phi) is 5.55. The minimum Gasteiger partial charge on any atom is -0.360 e. The van der Waals surface area contributed by atoms with Gasteiger partial charge in [-0.3, -0.25) is 9.59 Å². The van der Waals surface area contributed by atoms with E-state index >= 15 is 0 Å². The summed E-state index contributed by atoms with van der Waals surface area (Å²) in [5.41, 5.74) is 0.266. The molecule has 134 valence electrons. The van der Waals surface area contributed by atoms with E-state index in [1.54, 1.807) is 13.0 Å². The van der Waals surface area contributed by atoms with Crippen LogP contribution in [0.5, 0.6) is 0 Å². The van der Waals surface area contributed by atoms with Crippen LogP contribution in [0.4, 0.5) is 5.82 Å². The minimum atomic E-state index is -3.57. The highest BCUT2D eigenvalue weighted by Gasteiger charge is 2.17. The van der Waals surface area contributed by atoms with Crippen LogP contribution in [0, 0.1) is 6.92 Å². The van der Waals surface area contributed by atoms with Crippen LogP contribution >= 0.6 is 0 Å². The highest BCUT2D eigenvalue weighted by atomic mass is 32.2. The summed E-state index contributed by atoms with van der Waals surface area (Å²) >= 11 is 0. The highest BCUT2D eigenvalue weighted by molar-refractivity contribution is 7.89. The van der Waals surface area contributed by atoms with Crippen molar-refractivity contribution >= 4 is 27.7 Å². The van der Waals surface area contributed by atoms with E-state index in [4.69, 9.17) is 4.52 Å². The molecule has 0 fully saturated rings. The molecule has 1 heterocycles. The van der Waals surface area contributed by atoms with Crippen molar-refractivity contribution in [3.8, 4) is 0 Å². The van der Waals surface area contributed by atoms with E-state index in [-0.39, 0.29) is 22.8 Å². The molecular weight excluding hydrogens is 348 g/mol. The number of carbonyl (C=O) groups is 2. The van der Waals surface area contributed by atoms with Gasteiger partial charge in [0.15, 0.2) is 5.82 Å². The minimum absolute atomic E-state index is 0.0494. The number of aryl methyl sites for hydroxylation is 1. The van der Waals surface area contributed by atoms with Crippen LogP contribution < -0.4 is 10.0 Å². The lowest BCUT2D eigenvalue weighted by Gasteiger charge is -2.16. The van der Waals surface area contributed by atoms with Gasteiger partial charge in [0, 0.05) is 18.7 Å². The number of aromatic nitrogens is 1. The molecule has 2 N–H and O–H groups in total. The van der Waals surface area contributed by atoms with Crippen molar-refractivity contribution < 1.29 is 22.5 Å². The van der Waals surface area contributed by atoms with Crippen molar-refractivity contribution in [2.24, 2.45) is 0 Å². The Morgan fingerprint density at radius 1 is 1.24 bits per heavy atom. The first-order valence-corrected chi connectivity index (χ1v) is 8.73. The normalized spacial score (nSPS) is 11.2. The van der Waals surface area contributed by atoms with Gasteiger partial charge in [-0.15, -0.1) is 0 Å². The number of carbonyl (C=O) groups excluding carboxylic acids is 2. The molecule has 25 heavy (non-hydrogen) atoms. The molecule has 0 aliphatic heterocycles. The van der Waals surface area contributed by atoms with Crippen LogP contribution in [0.25, 0.3) is 0 Å². The number of anilines is 1. The van der Waals surface area contributed by atoms with E-state index in [0.29, 0.717) is 5.76 Å². The molecule has 0 radical (unpaired) electrons. The van der Waals surface area contributed by atoms with Crippen LogP contribution in [-0.2, 0) is 14.8 Å². The summed E-state index contributed by atoms with van der Waals surface area (Å²) in [5.74, 6) is -0.0280.